The molecule has 0 aliphatic rings. The zero-order chi connectivity index (χ0) is 14.5. The lowest BCUT2D eigenvalue weighted by molar-refractivity contribution is 0.0750. The number of halogens is 1. The van der Waals surface area contributed by atoms with E-state index in [4.69, 9.17) is 0 Å². The van der Waals surface area contributed by atoms with Gasteiger partial charge in [-0.15, -0.1) is 0 Å². The Hall–Kier alpha value is -2.23. The van der Waals surface area contributed by atoms with Gasteiger partial charge >= 0.3 is 0 Å². The molecular weight excluding hydrogens is 255 g/mol. The lowest BCUT2D eigenvalue weighted by Crippen LogP contribution is -2.30. The van der Waals surface area contributed by atoms with E-state index < -0.39 is 0 Å². The van der Waals surface area contributed by atoms with Crippen molar-refractivity contribution >= 4 is 5.91 Å². The van der Waals surface area contributed by atoms with Crippen molar-refractivity contribution < 1.29 is 9.18 Å². The van der Waals surface area contributed by atoms with Crippen LogP contribution in [0.1, 0.15) is 28.5 Å². The third kappa shape index (κ3) is 3.20. The molecule has 0 aliphatic heterocycles. The van der Waals surface area contributed by atoms with Crippen LogP contribution in [0, 0.1) is 12.7 Å². The van der Waals surface area contributed by atoms with Gasteiger partial charge in [-0.1, -0.05) is 6.07 Å². The molecule has 2 aromatic rings. The van der Waals surface area contributed by atoms with Crippen LogP contribution < -0.4 is 0 Å². The maximum atomic E-state index is 13.3. The maximum absolute atomic E-state index is 13.3. The van der Waals surface area contributed by atoms with Gasteiger partial charge in [0.2, 0.25) is 0 Å². The van der Waals surface area contributed by atoms with E-state index in [9.17, 15) is 9.18 Å². The molecule has 1 heterocycles. The number of benzene rings is 1. The van der Waals surface area contributed by atoms with Crippen molar-refractivity contribution in [1.82, 2.24) is 9.88 Å². The van der Waals surface area contributed by atoms with E-state index in [1.165, 1.54) is 12.1 Å². The molecule has 1 amide bonds. The Kier molecular flexibility index (Phi) is 4.45. The number of aromatic nitrogens is 1. The number of hydrogen-bond donors (Lipinski definition) is 0. The largest absolute Gasteiger partial charge is 0.333 e. The fourth-order valence-electron chi connectivity index (χ4n) is 1.97. The Labute approximate surface area is 118 Å². The van der Waals surface area contributed by atoms with E-state index in [0.29, 0.717) is 24.2 Å². The fraction of sp³-hybridized carbons (Fsp3) is 0.250. The second-order valence-corrected chi connectivity index (χ2v) is 4.60. The topological polar surface area (TPSA) is 33.2 Å². The minimum absolute atomic E-state index is 0.110. The number of amides is 1. The first kappa shape index (κ1) is 14.2. The number of rotatable bonds is 4. The van der Waals surface area contributed by atoms with Crippen molar-refractivity contribution in [3.8, 4) is 0 Å². The van der Waals surface area contributed by atoms with Gasteiger partial charge in [-0.3, -0.25) is 9.78 Å². The van der Waals surface area contributed by atoms with E-state index in [-0.39, 0.29) is 11.7 Å². The summed E-state index contributed by atoms with van der Waals surface area (Å²) in [5.74, 6) is -0.407. The zero-order valence-electron chi connectivity index (χ0n) is 11.6. The average Bonchev–Trinajstić information content (AvgIpc) is 2.48. The molecule has 1 aromatic heterocycles. The highest BCUT2D eigenvalue weighted by Crippen LogP contribution is 2.13. The number of nitrogens with zero attached hydrogens (tertiary/aromatic N) is 2. The second-order valence-electron chi connectivity index (χ2n) is 4.60. The first-order chi connectivity index (χ1) is 9.61. The van der Waals surface area contributed by atoms with Crippen LogP contribution in [0.3, 0.4) is 0 Å². The summed E-state index contributed by atoms with van der Waals surface area (Å²) in [6.45, 7) is 4.59. The van der Waals surface area contributed by atoms with E-state index in [1.807, 2.05) is 25.1 Å². The van der Waals surface area contributed by atoms with Crippen LogP contribution in [-0.4, -0.2) is 22.3 Å². The lowest BCUT2D eigenvalue weighted by atomic mass is 10.1. The van der Waals surface area contributed by atoms with E-state index in [0.717, 1.165) is 5.69 Å². The number of hydrogen-bond acceptors (Lipinski definition) is 2. The third-order valence-corrected chi connectivity index (χ3v) is 3.15. The molecule has 3 nitrogen and oxygen atoms in total. The predicted molar refractivity (Wildman–Crippen MR) is 75.8 cm³/mol. The van der Waals surface area contributed by atoms with Gasteiger partial charge in [0, 0.05) is 18.3 Å². The van der Waals surface area contributed by atoms with Crippen molar-refractivity contribution in [1.29, 1.82) is 0 Å². The highest BCUT2D eigenvalue weighted by molar-refractivity contribution is 5.94. The Balaban J connectivity index is 2.18. The van der Waals surface area contributed by atoms with Gasteiger partial charge in [0.1, 0.15) is 5.82 Å². The van der Waals surface area contributed by atoms with Gasteiger partial charge < -0.3 is 4.90 Å². The standard InChI is InChI=1S/C16H17FN2O/c1-3-19(11-14-6-4-5-9-18-14)16(20)13-7-8-15(17)12(2)10-13/h4-10H,3,11H2,1-2H3. The smallest absolute Gasteiger partial charge is 0.254 e. The first-order valence-electron chi connectivity index (χ1n) is 6.57. The monoisotopic (exact) mass is 272 g/mol. The van der Waals surface area contributed by atoms with Crippen molar-refractivity contribution in [2.24, 2.45) is 0 Å². The summed E-state index contributed by atoms with van der Waals surface area (Å²) in [7, 11) is 0. The van der Waals surface area contributed by atoms with Gasteiger partial charge in [-0.25, -0.2) is 4.39 Å². The molecule has 20 heavy (non-hydrogen) atoms. The summed E-state index contributed by atoms with van der Waals surface area (Å²) < 4.78 is 13.3. The van der Waals surface area contributed by atoms with Gasteiger partial charge in [0.15, 0.2) is 0 Å². The van der Waals surface area contributed by atoms with Crippen LogP contribution in [0.15, 0.2) is 42.6 Å². The predicted octanol–water partition coefficient (Wildman–Crippen LogP) is 3.19. The van der Waals surface area contributed by atoms with Gasteiger partial charge in [0.25, 0.3) is 5.91 Å². The molecule has 4 heteroatoms. The van der Waals surface area contributed by atoms with Crippen LogP contribution in [-0.2, 0) is 6.54 Å². The molecule has 0 radical (unpaired) electrons. The van der Waals surface area contributed by atoms with E-state index >= 15 is 0 Å². The van der Waals surface area contributed by atoms with Crippen LogP contribution in [0.5, 0.6) is 0 Å². The molecule has 0 atom stereocenters. The summed E-state index contributed by atoms with van der Waals surface area (Å²) in [6.07, 6.45) is 1.70. The number of pyridine rings is 1. The summed E-state index contributed by atoms with van der Waals surface area (Å²) >= 11 is 0. The highest BCUT2D eigenvalue weighted by Gasteiger charge is 2.15. The summed E-state index contributed by atoms with van der Waals surface area (Å²) in [6, 6.07) is 10.0. The molecule has 0 aliphatic carbocycles. The fourth-order valence-corrected chi connectivity index (χ4v) is 1.97. The molecular formula is C16H17FN2O. The quantitative estimate of drug-likeness (QED) is 0.856. The minimum atomic E-state index is -0.297. The number of aryl methyl sites for hydroxylation is 1. The van der Waals surface area contributed by atoms with Crippen molar-refractivity contribution in [3.05, 3.63) is 65.2 Å². The SMILES string of the molecule is CCN(Cc1ccccn1)C(=O)c1ccc(F)c(C)c1. The molecule has 1 aromatic carbocycles. The number of carbonyl (C=O) groups excluding carboxylic acids is 1. The lowest BCUT2D eigenvalue weighted by Gasteiger charge is -2.20. The van der Waals surface area contributed by atoms with Crippen LogP contribution in [0.4, 0.5) is 4.39 Å². The van der Waals surface area contributed by atoms with Crippen molar-refractivity contribution in [2.45, 2.75) is 20.4 Å². The summed E-state index contributed by atoms with van der Waals surface area (Å²) in [4.78, 5) is 18.3. The van der Waals surface area contributed by atoms with Crippen LogP contribution in [0.25, 0.3) is 0 Å². The Morgan fingerprint density at radius 3 is 2.70 bits per heavy atom. The van der Waals surface area contributed by atoms with Crippen molar-refractivity contribution in [3.63, 3.8) is 0 Å². The van der Waals surface area contributed by atoms with Crippen LogP contribution in [0.2, 0.25) is 0 Å². The first-order valence-corrected chi connectivity index (χ1v) is 6.57. The molecule has 104 valence electrons. The number of carbonyl (C=O) groups is 1. The molecule has 0 saturated carbocycles. The van der Waals surface area contributed by atoms with Gasteiger partial charge in [-0.2, -0.15) is 0 Å². The van der Waals surface area contributed by atoms with Gasteiger partial charge in [-0.05, 0) is 49.7 Å². The normalized spacial score (nSPS) is 10.3. The second kappa shape index (κ2) is 6.28. The van der Waals surface area contributed by atoms with Crippen molar-refractivity contribution in [2.75, 3.05) is 6.54 Å². The highest BCUT2D eigenvalue weighted by atomic mass is 19.1. The minimum Gasteiger partial charge on any atom is -0.333 e. The maximum Gasteiger partial charge on any atom is 0.254 e. The zero-order valence-corrected chi connectivity index (χ0v) is 11.6. The van der Waals surface area contributed by atoms with Gasteiger partial charge in [0.05, 0.1) is 12.2 Å². The van der Waals surface area contributed by atoms with E-state index in [1.54, 1.807) is 24.1 Å². The third-order valence-electron chi connectivity index (χ3n) is 3.15. The summed E-state index contributed by atoms with van der Waals surface area (Å²) in [5, 5.41) is 0. The molecule has 0 N–H and O–H groups in total. The molecule has 0 bridgehead atoms. The van der Waals surface area contributed by atoms with E-state index in [2.05, 4.69) is 4.98 Å². The summed E-state index contributed by atoms with van der Waals surface area (Å²) in [5.41, 5.74) is 1.81. The Bertz CT molecular complexity index is 599. The molecule has 0 saturated heterocycles. The molecule has 0 spiro atoms. The molecule has 0 unspecified atom stereocenters. The average molecular weight is 272 g/mol. The Morgan fingerprint density at radius 2 is 2.10 bits per heavy atom. The van der Waals surface area contributed by atoms with Crippen LogP contribution >= 0.6 is 0 Å². The Morgan fingerprint density at radius 1 is 1.30 bits per heavy atom. The molecule has 0 fully saturated rings. The molecule has 2 rings (SSSR count).